The monoisotopic (exact) mass is 422 g/mol. The van der Waals surface area contributed by atoms with Gasteiger partial charge in [-0.05, 0) is 53.5 Å². The number of carbonyl (C=O) groups is 2. The Balaban J connectivity index is 1.14. The van der Waals surface area contributed by atoms with Crippen LogP contribution >= 0.6 is 0 Å². The minimum atomic E-state index is -0.310. The van der Waals surface area contributed by atoms with Crippen LogP contribution in [0.5, 0.6) is 5.75 Å². The summed E-state index contributed by atoms with van der Waals surface area (Å²) in [7, 11) is 0. The molecule has 1 aromatic heterocycles. The van der Waals surface area contributed by atoms with Crippen molar-refractivity contribution in [3.05, 3.63) is 54.1 Å². The predicted octanol–water partition coefficient (Wildman–Crippen LogP) is 2.73. The lowest BCUT2D eigenvalue weighted by Gasteiger charge is -2.35. The zero-order valence-corrected chi connectivity index (χ0v) is 16.8. The van der Waals surface area contributed by atoms with Gasteiger partial charge in [-0.25, -0.2) is 9.42 Å². The fourth-order valence-electron chi connectivity index (χ4n) is 4.11. The van der Waals surface area contributed by atoms with Crippen LogP contribution in [-0.4, -0.2) is 70.5 Å². The van der Waals surface area contributed by atoms with Crippen LogP contribution in [0.1, 0.15) is 23.2 Å². The Kier molecular flexibility index (Phi) is 5.15. The normalized spacial score (nSPS) is 19.6. The van der Waals surface area contributed by atoms with Crippen LogP contribution in [-0.2, 0) is 4.74 Å². The van der Waals surface area contributed by atoms with Crippen LogP contribution in [0.25, 0.3) is 11.0 Å². The predicted molar refractivity (Wildman–Crippen MR) is 110 cm³/mol. The van der Waals surface area contributed by atoms with Gasteiger partial charge >= 0.3 is 6.09 Å². The van der Waals surface area contributed by atoms with Crippen LogP contribution in [0.15, 0.2) is 53.2 Å². The molecule has 2 aliphatic rings. The third kappa shape index (κ3) is 4.03. The Morgan fingerprint density at radius 1 is 1.06 bits per heavy atom. The molecule has 0 spiro atoms. The van der Waals surface area contributed by atoms with E-state index >= 15 is 0 Å². The van der Waals surface area contributed by atoms with E-state index in [0.29, 0.717) is 55.7 Å². The molecule has 1 atom stereocenters. The molecule has 9 nitrogen and oxygen atoms in total. The second-order valence-corrected chi connectivity index (χ2v) is 7.77. The minimum absolute atomic E-state index is 0.0542. The number of aromatic nitrogens is 2. The summed E-state index contributed by atoms with van der Waals surface area (Å²) in [6.07, 6.45) is 0.812. The highest BCUT2D eigenvalue weighted by molar-refractivity contribution is 5.97. The van der Waals surface area contributed by atoms with Crippen LogP contribution in [0.4, 0.5) is 4.79 Å². The fourth-order valence-corrected chi connectivity index (χ4v) is 4.11. The van der Waals surface area contributed by atoms with Crippen LogP contribution in [0.2, 0.25) is 0 Å². The molecule has 0 bridgehead atoms. The van der Waals surface area contributed by atoms with E-state index < -0.39 is 0 Å². The first-order valence-electron chi connectivity index (χ1n) is 10.3. The van der Waals surface area contributed by atoms with Gasteiger partial charge in [0.15, 0.2) is 6.10 Å². The molecule has 0 aliphatic carbocycles. The van der Waals surface area contributed by atoms with Crippen molar-refractivity contribution in [2.24, 2.45) is 0 Å². The van der Waals surface area contributed by atoms with E-state index in [2.05, 4.69) is 10.3 Å². The van der Waals surface area contributed by atoms with Crippen molar-refractivity contribution < 1.29 is 23.7 Å². The third-order valence-electron chi connectivity index (χ3n) is 5.77. The molecule has 3 aromatic rings. The molecule has 5 rings (SSSR count). The number of ether oxygens (including phenoxy) is 2. The molecule has 160 valence electrons. The van der Waals surface area contributed by atoms with Gasteiger partial charge in [0.05, 0.1) is 6.54 Å². The highest BCUT2D eigenvalue weighted by atomic mass is 16.6. The number of likely N-dealkylation sites (tertiary alicyclic amines) is 1. The summed E-state index contributed by atoms with van der Waals surface area (Å²) >= 11 is 0. The van der Waals surface area contributed by atoms with Gasteiger partial charge in [-0.15, -0.1) is 0 Å². The zero-order valence-electron chi connectivity index (χ0n) is 16.8. The van der Waals surface area contributed by atoms with Gasteiger partial charge in [-0.3, -0.25) is 4.79 Å². The molecule has 31 heavy (non-hydrogen) atoms. The Hall–Kier alpha value is -3.62. The van der Waals surface area contributed by atoms with E-state index in [9.17, 15) is 9.59 Å². The van der Waals surface area contributed by atoms with Crippen molar-refractivity contribution in [2.75, 3.05) is 26.2 Å². The highest BCUT2D eigenvalue weighted by Gasteiger charge is 2.38. The van der Waals surface area contributed by atoms with E-state index in [1.165, 1.54) is 0 Å². The van der Waals surface area contributed by atoms with Crippen LogP contribution in [0, 0.1) is 0 Å². The summed E-state index contributed by atoms with van der Waals surface area (Å²) in [6.45, 7) is 1.98. The first kappa shape index (κ1) is 19.3. The van der Waals surface area contributed by atoms with E-state index in [1.54, 1.807) is 23.1 Å². The average Bonchev–Trinajstić information content (AvgIpc) is 3.43. The van der Waals surface area contributed by atoms with Crippen molar-refractivity contribution in [3.8, 4) is 5.75 Å². The Morgan fingerprint density at radius 2 is 1.84 bits per heavy atom. The van der Waals surface area contributed by atoms with Crippen molar-refractivity contribution >= 4 is 23.0 Å². The summed E-state index contributed by atoms with van der Waals surface area (Å²) in [6, 6.07) is 14.7. The minimum Gasteiger partial charge on any atom is -0.490 e. The topological polar surface area (TPSA) is 98.0 Å². The fraction of sp³-hybridized carbons (Fsp3) is 0.364. The lowest BCUT2D eigenvalue weighted by Crippen LogP contribution is -2.47. The number of fused-ring (bicyclic) bond motifs is 1. The summed E-state index contributed by atoms with van der Waals surface area (Å²) in [5.41, 5.74) is 1.73. The van der Waals surface area contributed by atoms with Crippen molar-refractivity contribution in [1.29, 1.82) is 0 Å². The van der Waals surface area contributed by atoms with E-state index in [-0.39, 0.29) is 24.1 Å². The van der Waals surface area contributed by atoms with Crippen LogP contribution in [0.3, 0.4) is 0 Å². The second kappa shape index (κ2) is 8.25. The number of piperidine rings is 1. The molecule has 0 N–H and O–H groups in total. The number of rotatable bonds is 5. The maximum atomic E-state index is 12.9. The lowest BCUT2D eigenvalue weighted by atomic mass is 10.0. The van der Waals surface area contributed by atoms with Gasteiger partial charge in [0.2, 0.25) is 0 Å². The number of hydrogen-bond donors (Lipinski definition) is 0. The molecule has 0 radical (unpaired) electrons. The molecule has 2 saturated heterocycles. The second-order valence-electron chi connectivity index (χ2n) is 7.77. The molecule has 9 heteroatoms. The van der Waals surface area contributed by atoms with E-state index in [1.807, 2.05) is 35.2 Å². The van der Waals surface area contributed by atoms with E-state index in [0.717, 1.165) is 5.75 Å². The molecule has 2 aromatic carbocycles. The standard InChI is InChI=1S/C22H22N4O5/c27-21(15-6-7-19-20(12-15)24-31-23-19)25-10-8-16(9-11-25)26-13-18(30-22(26)28)14-29-17-4-2-1-3-5-17/h1-7,12,16,18H,8-11,13-14H2. The first-order chi connectivity index (χ1) is 15.2. The lowest BCUT2D eigenvalue weighted by molar-refractivity contribution is 0.0658. The molecular weight excluding hydrogens is 400 g/mol. The molecule has 0 saturated carbocycles. The number of para-hydroxylation sites is 1. The molecular formula is C22H22N4O5. The summed E-state index contributed by atoms with van der Waals surface area (Å²) < 4.78 is 15.9. The average molecular weight is 422 g/mol. The number of cyclic esters (lactones) is 1. The van der Waals surface area contributed by atoms with Crippen LogP contribution < -0.4 is 4.74 Å². The van der Waals surface area contributed by atoms with Crippen molar-refractivity contribution in [1.82, 2.24) is 20.1 Å². The molecule has 2 aliphatic heterocycles. The Morgan fingerprint density at radius 3 is 2.65 bits per heavy atom. The maximum absolute atomic E-state index is 12.9. The largest absolute Gasteiger partial charge is 0.490 e. The quantitative estimate of drug-likeness (QED) is 0.623. The summed E-state index contributed by atoms with van der Waals surface area (Å²) in [5, 5.41) is 7.56. The summed E-state index contributed by atoms with van der Waals surface area (Å²) in [5.74, 6) is 0.699. The zero-order chi connectivity index (χ0) is 21.2. The van der Waals surface area contributed by atoms with E-state index in [4.69, 9.17) is 14.1 Å². The molecule has 2 fully saturated rings. The SMILES string of the molecule is O=C(c1ccc2nonc2c1)N1CCC(N2CC(COc3ccccc3)OC2=O)CC1. The third-order valence-corrected chi connectivity index (χ3v) is 5.77. The van der Waals surface area contributed by atoms with Gasteiger partial charge in [0.25, 0.3) is 5.91 Å². The van der Waals surface area contributed by atoms with Crippen molar-refractivity contribution in [2.45, 2.75) is 25.0 Å². The number of amides is 2. The number of nitrogens with zero attached hydrogens (tertiary/aromatic N) is 4. The number of hydrogen-bond acceptors (Lipinski definition) is 7. The molecule has 2 amide bonds. The highest BCUT2D eigenvalue weighted by Crippen LogP contribution is 2.24. The number of carbonyl (C=O) groups excluding carboxylic acids is 2. The van der Waals surface area contributed by atoms with Gasteiger partial charge < -0.3 is 19.3 Å². The van der Waals surface area contributed by atoms with Gasteiger partial charge in [0.1, 0.15) is 23.4 Å². The Labute approximate surface area is 178 Å². The molecule has 3 heterocycles. The smallest absolute Gasteiger partial charge is 0.410 e. The summed E-state index contributed by atoms with van der Waals surface area (Å²) in [4.78, 5) is 28.8. The first-order valence-corrected chi connectivity index (χ1v) is 10.3. The maximum Gasteiger partial charge on any atom is 0.410 e. The van der Waals surface area contributed by atoms with Gasteiger partial charge in [-0.1, -0.05) is 18.2 Å². The molecule has 1 unspecified atom stereocenters. The van der Waals surface area contributed by atoms with Crippen molar-refractivity contribution in [3.63, 3.8) is 0 Å². The van der Waals surface area contributed by atoms with Gasteiger partial charge in [0, 0.05) is 24.7 Å². The number of benzene rings is 2. The van der Waals surface area contributed by atoms with Gasteiger partial charge in [-0.2, -0.15) is 0 Å². The Bertz CT molecular complexity index is 1080.